The second-order valence-corrected chi connectivity index (χ2v) is 3.90. The van der Waals surface area contributed by atoms with E-state index in [0.717, 1.165) is 0 Å². The van der Waals surface area contributed by atoms with Gasteiger partial charge in [-0.25, -0.2) is 0 Å². The first kappa shape index (κ1) is 15.8. The van der Waals surface area contributed by atoms with Crippen LogP contribution in [0.1, 0.15) is 11.5 Å². The Morgan fingerprint density at radius 2 is 2.00 bits per heavy atom. The minimum atomic E-state index is -2.27. The maximum Gasteiger partial charge on any atom is 1.00 e. The average Bonchev–Trinajstić information content (AvgIpc) is 2.26. The third-order valence-corrected chi connectivity index (χ3v) is 2.60. The molecule has 0 aliphatic carbocycles. The van der Waals surface area contributed by atoms with Gasteiger partial charge in [-0.05, 0) is 5.56 Å². The molecule has 2 atom stereocenters. The smallest absolute Gasteiger partial charge is 0.772 e. The molecule has 0 aromatic heterocycles. The Hall–Kier alpha value is -0.200. The summed E-state index contributed by atoms with van der Waals surface area (Å²) in [6, 6.07) is 8.70. The van der Waals surface area contributed by atoms with Crippen LogP contribution < -0.4 is 29.6 Å². The van der Waals surface area contributed by atoms with E-state index in [0.29, 0.717) is 5.56 Å². The molecule has 0 saturated heterocycles. The third kappa shape index (κ3) is 4.76. The number of hydrogen-bond acceptors (Lipinski definition) is 4. The standard InChI is InChI=1S/C10H12O4S.Na/c1-14-10(11)9(7-15(12)13)8-5-3-2-4-6-8;/h2-6,9H,7H2,1H3,(H,12,13);/q;+1/p-1. The number of esters is 1. The normalized spacial score (nSPS) is 13.4. The molecule has 0 heterocycles. The topological polar surface area (TPSA) is 66.4 Å². The van der Waals surface area contributed by atoms with Crippen molar-refractivity contribution in [2.75, 3.05) is 12.9 Å². The summed E-state index contributed by atoms with van der Waals surface area (Å²) in [5.41, 5.74) is 0.647. The summed E-state index contributed by atoms with van der Waals surface area (Å²) in [4.78, 5) is 11.4. The van der Waals surface area contributed by atoms with Crippen molar-refractivity contribution in [1.29, 1.82) is 0 Å². The molecule has 0 amide bonds. The molecule has 4 nitrogen and oxygen atoms in total. The van der Waals surface area contributed by atoms with Gasteiger partial charge in [0.05, 0.1) is 13.0 Å². The van der Waals surface area contributed by atoms with Crippen molar-refractivity contribution in [2.24, 2.45) is 0 Å². The zero-order valence-corrected chi connectivity index (χ0v) is 12.0. The van der Waals surface area contributed by atoms with Gasteiger partial charge in [0.25, 0.3) is 0 Å². The summed E-state index contributed by atoms with van der Waals surface area (Å²) in [5.74, 6) is -1.53. The molecule has 1 rings (SSSR count). The monoisotopic (exact) mass is 250 g/mol. The van der Waals surface area contributed by atoms with Crippen molar-refractivity contribution >= 4 is 17.0 Å². The van der Waals surface area contributed by atoms with Crippen molar-refractivity contribution < 1.29 is 47.9 Å². The Kier molecular flexibility index (Phi) is 7.87. The number of benzene rings is 1. The van der Waals surface area contributed by atoms with E-state index < -0.39 is 23.0 Å². The van der Waals surface area contributed by atoms with E-state index in [2.05, 4.69) is 4.74 Å². The van der Waals surface area contributed by atoms with Crippen molar-refractivity contribution in [3.8, 4) is 0 Å². The van der Waals surface area contributed by atoms with Gasteiger partial charge in [0.1, 0.15) is 0 Å². The Labute approximate surface area is 119 Å². The number of rotatable bonds is 4. The summed E-state index contributed by atoms with van der Waals surface area (Å²) in [6.45, 7) is 0. The van der Waals surface area contributed by atoms with Crippen LogP contribution in [-0.4, -0.2) is 27.6 Å². The van der Waals surface area contributed by atoms with Gasteiger partial charge in [0.2, 0.25) is 0 Å². The van der Waals surface area contributed by atoms with Crippen molar-refractivity contribution in [3.05, 3.63) is 35.9 Å². The number of carbonyl (C=O) groups excluding carboxylic acids is 1. The SMILES string of the molecule is COC(=O)C(CS(=O)[O-])c1ccccc1.[Na+]. The van der Waals surface area contributed by atoms with Crippen LogP contribution in [0.3, 0.4) is 0 Å². The Morgan fingerprint density at radius 3 is 2.44 bits per heavy atom. The van der Waals surface area contributed by atoms with Crippen LogP contribution in [0.4, 0.5) is 0 Å². The average molecular weight is 250 g/mol. The van der Waals surface area contributed by atoms with E-state index in [9.17, 15) is 13.6 Å². The van der Waals surface area contributed by atoms with E-state index in [1.165, 1.54) is 7.11 Å². The van der Waals surface area contributed by atoms with Crippen molar-refractivity contribution in [1.82, 2.24) is 0 Å². The molecule has 0 aliphatic heterocycles. The minimum Gasteiger partial charge on any atom is -0.772 e. The summed E-state index contributed by atoms with van der Waals surface area (Å²) in [7, 11) is 1.24. The fourth-order valence-electron chi connectivity index (χ4n) is 1.26. The van der Waals surface area contributed by atoms with Crippen LogP contribution in [0, 0.1) is 0 Å². The fraction of sp³-hybridized carbons (Fsp3) is 0.300. The van der Waals surface area contributed by atoms with Crippen LogP contribution in [0.2, 0.25) is 0 Å². The Morgan fingerprint density at radius 1 is 1.44 bits per heavy atom. The summed E-state index contributed by atoms with van der Waals surface area (Å²) < 4.78 is 25.7. The van der Waals surface area contributed by atoms with Gasteiger partial charge < -0.3 is 9.29 Å². The molecule has 0 N–H and O–H groups in total. The summed E-state index contributed by atoms with van der Waals surface area (Å²) in [5, 5.41) is 0. The molecular weight excluding hydrogens is 239 g/mol. The second kappa shape index (κ2) is 7.97. The quantitative estimate of drug-likeness (QED) is 0.346. The molecule has 0 spiro atoms. The van der Waals surface area contributed by atoms with Gasteiger partial charge in [-0.15, -0.1) is 0 Å². The Bertz CT molecular complexity index is 355. The zero-order valence-electron chi connectivity index (χ0n) is 9.21. The molecule has 1 aromatic carbocycles. The number of carbonyl (C=O) groups is 1. The van der Waals surface area contributed by atoms with Crippen LogP contribution in [0.15, 0.2) is 30.3 Å². The molecule has 0 radical (unpaired) electrons. The zero-order chi connectivity index (χ0) is 11.3. The largest absolute Gasteiger partial charge is 1.00 e. The van der Waals surface area contributed by atoms with Crippen molar-refractivity contribution in [3.63, 3.8) is 0 Å². The first-order valence-corrected chi connectivity index (χ1v) is 5.58. The van der Waals surface area contributed by atoms with Gasteiger partial charge in [-0.2, -0.15) is 0 Å². The van der Waals surface area contributed by atoms with Crippen LogP contribution >= 0.6 is 0 Å². The molecule has 0 bridgehead atoms. The van der Waals surface area contributed by atoms with E-state index in [1.54, 1.807) is 30.3 Å². The minimum absolute atomic E-state index is 0. The van der Waals surface area contributed by atoms with Gasteiger partial charge in [-0.3, -0.25) is 9.00 Å². The first-order chi connectivity index (χ1) is 7.15. The van der Waals surface area contributed by atoms with Gasteiger partial charge in [0.15, 0.2) is 0 Å². The fourth-order valence-corrected chi connectivity index (χ4v) is 1.86. The molecule has 16 heavy (non-hydrogen) atoms. The molecule has 82 valence electrons. The van der Waals surface area contributed by atoms with Crippen molar-refractivity contribution in [2.45, 2.75) is 5.92 Å². The maximum atomic E-state index is 11.4. The van der Waals surface area contributed by atoms with E-state index in [1.807, 2.05) is 0 Å². The molecular formula is C10H11NaO4S. The molecule has 0 aliphatic rings. The molecule has 0 fully saturated rings. The third-order valence-electron chi connectivity index (χ3n) is 1.99. The van der Waals surface area contributed by atoms with Crippen LogP contribution in [0.25, 0.3) is 0 Å². The maximum absolute atomic E-state index is 11.4. The second-order valence-electron chi connectivity index (χ2n) is 2.96. The first-order valence-electron chi connectivity index (χ1n) is 4.33. The van der Waals surface area contributed by atoms with Crippen LogP contribution in [-0.2, 0) is 20.6 Å². The molecule has 6 heteroatoms. The molecule has 2 unspecified atom stereocenters. The number of hydrogen-bond donors (Lipinski definition) is 0. The van der Waals surface area contributed by atoms with Gasteiger partial charge >= 0.3 is 35.5 Å². The summed E-state index contributed by atoms with van der Waals surface area (Å²) >= 11 is -2.27. The molecule has 1 aromatic rings. The van der Waals surface area contributed by atoms with Gasteiger partial charge in [0, 0.05) is 5.75 Å². The van der Waals surface area contributed by atoms with E-state index in [4.69, 9.17) is 0 Å². The predicted molar refractivity (Wildman–Crippen MR) is 55.0 cm³/mol. The molecule has 0 saturated carbocycles. The van der Waals surface area contributed by atoms with E-state index >= 15 is 0 Å². The number of ether oxygens (including phenoxy) is 1. The predicted octanol–water partition coefficient (Wildman–Crippen LogP) is -2.17. The van der Waals surface area contributed by atoms with Crippen LogP contribution in [0.5, 0.6) is 0 Å². The number of methoxy groups -OCH3 is 1. The summed E-state index contributed by atoms with van der Waals surface area (Å²) in [6.07, 6.45) is 0. The Balaban J connectivity index is 0.00000225. The van der Waals surface area contributed by atoms with E-state index in [-0.39, 0.29) is 35.3 Å². The van der Waals surface area contributed by atoms with Gasteiger partial charge in [-0.1, -0.05) is 41.4 Å².